The van der Waals surface area contributed by atoms with E-state index in [4.69, 9.17) is 9.47 Å². The van der Waals surface area contributed by atoms with Gasteiger partial charge in [0.1, 0.15) is 5.75 Å². The van der Waals surface area contributed by atoms with E-state index in [1.54, 1.807) is 19.1 Å². The number of nitrogens with zero attached hydrogens (tertiary/aromatic N) is 1. The smallest absolute Gasteiger partial charge is 0.339 e. The number of benzene rings is 1. The SMILES string of the molecule is CCOC(=O)c1ccc(Oc2c(C)ccc(C)c2C)nc1. The fourth-order valence-corrected chi connectivity index (χ4v) is 1.96. The van der Waals surface area contributed by atoms with Gasteiger partial charge in [0.25, 0.3) is 0 Å². The van der Waals surface area contributed by atoms with Crippen LogP contribution in [0.5, 0.6) is 11.6 Å². The molecule has 1 aromatic heterocycles. The molecular weight excluding hydrogens is 266 g/mol. The quantitative estimate of drug-likeness (QED) is 0.797. The van der Waals surface area contributed by atoms with E-state index in [1.807, 2.05) is 26.8 Å². The lowest BCUT2D eigenvalue weighted by molar-refractivity contribution is 0.0526. The number of aryl methyl sites for hydroxylation is 2. The number of ether oxygens (including phenoxy) is 2. The molecule has 2 rings (SSSR count). The molecule has 1 heterocycles. The molecule has 0 fully saturated rings. The van der Waals surface area contributed by atoms with Gasteiger partial charge in [0, 0.05) is 12.3 Å². The van der Waals surface area contributed by atoms with Crippen LogP contribution >= 0.6 is 0 Å². The van der Waals surface area contributed by atoms with Crippen LogP contribution in [0, 0.1) is 20.8 Å². The summed E-state index contributed by atoms with van der Waals surface area (Å²) in [6.07, 6.45) is 1.47. The van der Waals surface area contributed by atoms with Crippen LogP contribution in [0.2, 0.25) is 0 Å². The third kappa shape index (κ3) is 3.40. The Morgan fingerprint density at radius 3 is 2.43 bits per heavy atom. The Bertz CT molecular complexity index is 648. The lowest BCUT2D eigenvalue weighted by Crippen LogP contribution is -2.05. The minimum Gasteiger partial charge on any atom is -0.462 e. The predicted octanol–water partition coefficient (Wildman–Crippen LogP) is 3.98. The van der Waals surface area contributed by atoms with Gasteiger partial charge in [0.2, 0.25) is 5.88 Å². The van der Waals surface area contributed by atoms with Crippen molar-refractivity contribution >= 4 is 5.97 Å². The number of pyridine rings is 1. The lowest BCUT2D eigenvalue weighted by atomic mass is 10.1. The molecule has 21 heavy (non-hydrogen) atoms. The molecule has 4 nitrogen and oxygen atoms in total. The Morgan fingerprint density at radius 2 is 1.81 bits per heavy atom. The molecule has 0 atom stereocenters. The zero-order valence-electron chi connectivity index (χ0n) is 12.8. The van der Waals surface area contributed by atoms with Crippen LogP contribution in [-0.2, 0) is 4.74 Å². The fourth-order valence-electron chi connectivity index (χ4n) is 1.96. The molecule has 4 heteroatoms. The number of rotatable bonds is 4. The van der Waals surface area contributed by atoms with Crippen LogP contribution in [0.1, 0.15) is 34.0 Å². The van der Waals surface area contributed by atoms with E-state index in [9.17, 15) is 4.79 Å². The summed E-state index contributed by atoms with van der Waals surface area (Å²) in [6, 6.07) is 7.41. The Kier molecular flexibility index (Phi) is 4.58. The summed E-state index contributed by atoms with van der Waals surface area (Å²) in [5.41, 5.74) is 3.72. The summed E-state index contributed by atoms with van der Waals surface area (Å²) in [4.78, 5) is 15.7. The molecule has 0 N–H and O–H groups in total. The van der Waals surface area contributed by atoms with Crippen molar-refractivity contribution in [2.24, 2.45) is 0 Å². The molecule has 0 amide bonds. The van der Waals surface area contributed by atoms with E-state index < -0.39 is 0 Å². The molecular formula is C17H19NO3. The summed E-state index contributed by atoms with van der Waals surface area (Å²) < 4.78 is 10.8. The van der Waals surface area contributed by atoms with Gasteiger partial charge in [-0.3, -0.25) is 0 Å². The van der Waals surface area contributed by atoms with Crippen LogP contribution in [0.3, 0.4) is 0 Å². The number of aromatic nitrogens is 1. The van der Waals surface area contributed by atoms with Crippen molar-refractivity contribution in [3.05, 3.63) is 52.7 Å². The van der Waals surface area contributed by atoms with E-state index in [2.05, 4.69) is 11.1 Å². The van der Waals surface area contributed by atoms with E-state index in [-0.39, 0.29) is 5.97 Å². The molecule has 0 aliphatic carbocycles. The number of carbonyl (C=O) groups is 1. The third-order valence-electron chi connectivity index (χ3n) is 3.33. The molecule has 1 aromatic carbocycles. The van der Waals surface area contributed by atoms with Gasteiger partial charge >= 0.3 is 5.97 Å². The van der Waals surface area contributed by atoms with Gasteiger partial charge in [0.15, 0.2) is 0 Å². The molecule has 2 aromatic rings. The normalized spacial score (nSPS) is 10.3. The summed E-state index contributed by atoms with van der Waals surface area (Å²) in [6.45, 7) is 8.17. The minimum atomic E-state index is -0.375. The van der Waals surface area contributed by atoms with Crippen molar-refractivity contribution in [3.8, 4) is 11.6 Å². The third-order valence-corrected chi connectivity index (χ3v) is 3.33. The van der Waals surface area contributed by atoms with E-state index in [0.717, 1.165) is 16.9 Å². The maximum atomic E-state index is 11.6. The second-order valence-corrected chi connectivity index (χ2v) is 4.86. The van der Waals surface area contributed by atoms with Crippen molar-refractivity contribution in [3.63, 3.8) is 0 Å². The van der Waals surface area contributed by atoms with Gasteiger partial charge in [-0.1, -0.05) is 12.1 Å². The Morgan fingerprint density at radius 1 is 1.10 bits per heavy atom. The highest BCUT2D eigenvalue weighted by Gasteiger charge is 2.10. The Hall–Kier alpha value is -2.36. The highest BCUT2D eigenvalue weighted by molar-refractivity contribution is 5.89. The molecule has 0 radical (unpaired) electrons. The molecule has 110 valence electrons. The summed E-state index contributed by atoms with van der Waals surface area (Å²) in [7, 11) is 0. The summed E-state index contributed by atoms with van der Waals surface area (Å²) in [5, 5.41) is 0. The zero-order chi connectivity index (χ0) is 15.4. The summed E-state index contributed by atoms with van der Waals surface area (Å²) >= 11 is 0. The molecule has 0 saturated carbocycles. The Balaban J connectivity index is 2.22. The first-order valence-corrected chi connectivity index (χ1v) is 6.90. The van der Waals surface area contributed by atoms with Crippen LogP contribution in [-0.4, -0.2) is 17.6 Å². The predicted molar refractivity (Wildman–Crippen MR) is 80.9 cm³/mol. The maximum Gasteiger partial charge on any atom is 0.339 e. The first kappa shape index (κ1) is 15.0. The van der Waals surface area contributed by atoms with Crippen molar-refractivity contribution in [2.75, 3.05) is 6.61 Å². The van der Waals surface area contributed by atoms with Crippen molar-refractivity contribution < 1.29 is 14.3 Å². The average Bonchev–Trinajstić information content (AvgIpc) is 2.48. The molecule has 0 bridgehead atoms. The molecule has 0 aliphatic heterocycles. The number of hydrogen-bond acceptors (Lipinski definition) is 4. The largest absolute Gasteiger partial charge is 0.462 e. The van der Waals surface area contributed by atoms with Crippen LogP contribution < -0.4 is 4.74 Å². The second kappa shape index (κ2) is 6.39. The number of hydrogen-bond donors (Lipinski definition) is 0. The molecule has 0 saturated heterocycles. The van der Waals surface area contributed by atoms with Crippen LogP contribution in [0.4, 0.5) is 0 Å². The highest BCUT2D eigenvalue weighted by atomic mass is 16.5. The van der Waals surface area contributed by atoms with Crippen molar-refractivity contribution in [2.45, 2.75) is 27.7 Å². The van der Waals surface area contributed by atoms with Gasteiger partial charge in [-0.15, -0.1) is 0 Å². The number of esters is 1. The van der Waals surface area contributed by atoms with Gasteiger partial charge in [-0.2, -0.15) is 0 Å². The number of carbonyl (C=O) groups excluding carboxylic acids is 1. The van der Waals surface area contributed by atoms with E-state index in [0.29, 0.717) is 18.1 Å². The zero-order valence-corrected chi connectivity index (χ0v) is 12.8. The first-order chi connectivity index (χ1) is 10.0. The summed E-state index contributed by atoms with van der Waals surface area (Å²) in [5.74, 6) is 0.894. The van der Waals surface area contributed by atoms with Gasteiger partial charge < -0.3 is 9.47 Å². The monoisotopic (exact) mass is 285 g/mol. The fraction of sp³-hybridized carbons (Fsp3) is 0.294. The topological polar surface area (TPSA) is 48.4 Å². The van der Waals surface area contributed by atoms with Crippen LogP contribution in [0.25, 0.3) is 0 Å². The van der Waals surface area contributed by atoms with E-state index in [1.165, 1.54) is 11.8 Å². The molecule has 0 spiro atoms. The molecule has 0 aliphatic rings. The Labute approximate surface area is 124 Å². The van der Waals surface area contributed by atoms with E-state index >= 15 is 0 Å². The van der Waals surface area contributed by atoms with Crippen LogP contribution in [0.15, 0.2) is 30.5 Å². The van der Waals surface area contributed by atoms with Gasteiger partial charge in [-0.05, 0) is 50.5 Å². The minimum absolute atomic E-state index is 0.346. The van der Waals surface area contributed by atoms with Gasteiger partial charge in [-0.25, -0.2) is 9.78 Å². The average molecular weight is 285 g/mol. The van der Waals surface area contributed by atoms with Crippen molar-refractivity contribution in [1.82, 2.24) is 4.98 Å². The first-order valence-electron chi connectivity index (χ1n) is 6.90. The van der Waals surface area contributed by atoms with Crippen molar-refractivity contribution in [1.29, 1.82) is 0 Å². The standard InChI is InChI=1S/C17H19NO3/c1-5-20-17(19)14-8-9-15(18-10-14)21-16-12(3)7-6-11(2)13(16)4/h6-10H,5H2,1-4H3. The molecule has 0 unspecified atom stereocenters. The lowest BCUT2D eigenvalue weighted by Gasteiger charge is -2.13. The van der Waals surface area contributed by atoms with Gasteiger partial charge in [0.05, 0.1) is 12.2 Å². The second-order valence-electron chi connectivity index (χ2n) is 4.86. The highest BCUT2D eigenvalue weighted by Crippen LogP contribution is 2.29. The maximum absolute atomic E-state index is 11.6.